The minimum Gasteiger partial charge on any atom is -0.497 e. The monoisotopic (exact) mass is 363 g/mol. The second-order valence-electron chi connectivity index (χ2n) is 6.92. The number of rotatable bonds is 6. The smallest absolute Gasteiger partial charge is 0.253 e. The zero-order valence-electron chi connectivity index (χ0n) is 16.2. The third-order valence-corrected chi connectivity index (χ3v) is 4.43. The van der Waals surface area contributed by atoms with E-state index < -0.39 is 0 Å². The first-order valence-corrected chi connectivity index (χ1v) is 8.92. The summed E-state index contributed by atoms with van der Waals surface area (Å²) in [6, 6.07) is 15.8. The summed E-state index contributed by atoms with van der Waals surface area (Å²) < 4.78 is 5.26. The molecule has 0 radical (unpaired) electrons. The zero-order valence-corrected chi connectivity index (χ0v) is 16.2. The van der Waals surface area contributed by atoms with E-state index in [9.17, 15) is 4.79 Å². The van der Waals surface area contributed by atoms with E-state index in [2.05, 4.69) is 39.5 Å². The summed E-state index contributed by atoms with van der Waals surface area (Å²) in [4.78, 5) is 19.3. The van der Waals surface area contributed by atoms with Crippen molar-refractivity contribution in [3.05, 3.63) is 70.9 Å². The lowest BCUT2D eigenvalue weighted by molar-refractivity contribution is 0.0950. The summed E-state index contributed by atoms with van der Waals surface area (Å²) in [5, 5.41) is 3.88. The molecule has 0 fully saturated rings. The van der Waals surface area contributed by atoms with Gasteiger partial charge in [0.1, 0.15) is 5.75 Å². The Kier molecular flexibility index (Phi) is 5.72. The number of hydrogen-bond acceptors (Lipinski definition) is 4. The van der Waals surface area contributed by atoms with Crippen molar-refractivity contribution in [2.75, 3.05) is 21.2 Å². The molecule has 0 saturated carbocycles. The van der Waals surface area contributed by atoms with E-state index >= 15 is 0 Å². The molecule has 140 valence electrons. The van der Waals surface area contributed by atoms with Crippen molar-refractivity contribution in [1.82, 2.24) is 15.2 Å². The van der Waals surface area contributed by atoms with Gasteiger partial charge >= 0.3 is 0 Å². The molecule has 5 nitrogen and oxygen atoms in total. The molecule has 5 heteroatoms. The summed E-state index contributed by atoms with van der Waals surface area (Å²) in [6.07, 6.45) is 0. The zero-order chi connectivity index (χ0) is 19.4. The van der Waals surface area contributed by atoms with Crippen LogP contribution in [0.1, 0.15) is 27.2 Å². The molecular formula is C22H25N3O2. The Bertz CT molecular complexity index is 950. The Morgan fingerprint density at radius 1 is 1.07 bits per heavy atom. The number of ether oxygens (including phenoxy) is 1. The Morgan fingerprint density at radius 3 is 2.44 bits per heavy atom. The molecule has 0 bridgehead atoms. The van der Waals surface area contributed by atoms with Crippen molar-refractivity contribution in [1.29, 1.82) is 0 Å². The number of amides is 1. The average molecular weight is 363 g/mol. The Labute approximate surface area is 160 Å². The van der Waals surface area contributed by atoms with Crippen LogP contribution in [-0.2, 0) is 13.1 Å². The maximum atomic E-state index is 12.7. The second kappa shape index (κ2) is 8.18. The van der Waals surface area contributed by atoms with Gasteiger partial charge in [0.05, 0.1) is 23.9 Å². The summed E-state index contributed by atoms with van der Waals surface area (Å²) >= 11 is 0. The number of nitrogens with zero attached hydrogens (tertiary/aromatic N) is 2. The van der Waals surface area contributed by atoms with Crippen LogP contribution in [0.4, 0.5) is 0 Å². The molecule has 3 aromatic rings. The van der Waals surface area contributed by atoms with Gasteiger partial charge in [0.2, 0.25) is 0 Å². The lowest BCUT2D eigenvalue weighted by Gasteiger charge is -2.11. The summed E-state index contributed by atoms with van der Waals surface area (Å²) in [6.45, 7) is 3.24. The van der Waals surface area contributed by atoms with Crippen molar-refractivity contribution in [2.45, 2.75) is 20.0 Å². The molecule has 0 aliphatic heterocycles. The highest BCUT2D eigenvalue weighted by molar-refractivity contribution is 5.98. The minimum absolute atomic E-state index is 0.123. The van der Waals surface area contributed by atoms with Crippen LogP contribution in [0.2, 0.25) is 0 Å². The number of nitrogens with one attached hydrogen (secondary N) is 1. The summed E-state index contributed by atoms with van der Waals surface area (Å²) in [5.74, 6) is 0.624. The molecule has 0 spiro atoms. The van der Waals surface area contributed by atoms with Crippen molar-refractivity contribution in [3.8, 4) is 5.75 Å². The fraction of sp³-hybridized carbons (Fsp3) is 0.273. The number of fused-ring (bicyclic) bond motifs is 1. The van der Waals surface area contributed by atoms with Gasteiger partial charge in [0.25, 0.3) is 5.91 Å². The van der Waals surface area contributed by atoms with Crippen LogP contribution < -0.4 is 10.1 Å². The SMILES string of the molecule is COc1ccc2nc(C)c(C(=O)NCc3ccc(CN(C)C)cc3)cc2c1. The molecule has 0 unspecified atom stereocenters. The largest absolute Gasteiger partial charge is 0.497 e. The van der Waals surface area contributed by atoms with E-state index in [1.807, 2.05) is 45.3 Å². The predicted octanol–water partition coefficient (Wildman–Crippen LogP) is 3.54. The highest BCUT2D eigenvalue weighted by Gasteiger charge is 2.12. The first kappa shape index (κ1) is 18.9. The summed E-state index contributed by atoms with van der Waals surface area (Å²) in [5.41, 5.74) is 4.46. The number of carbonyl (C=O) groups excluding carboxylic acids is 1. The van der Waals surface area contributed by atoms with Gasteiger partial charge in [0, 0.05) is 18.5 Å². The molecule has 0 aliphatic carbocycles. The molecule has 3 rings (SSSR count). The van der Waals surface area contributed by atoms with Gasteiger partial charge < -0.3 is 15.0 Å². The Hall–Kier alpha value is -2.92. The van der Waals surface area contributed by atoms with Crippen LogP contribution in [0.25, 0.3) is 10.9 Å². The Balaban J connectivity index is 1.72. The van der Waals surface area contributed by atoms with Crippen LogP contribution in [-0.4, -0.2) is 37.0 Å². The highest BCUT2D eigenvalue weighted by Crippen LogP contribution is 2.22. The molecule has 27 heavy (non-hydrogen) atoms. The number of aromatic nitrogens is 1. The molecule has 2 aromatic carbocycles. The third-order valence-electron chi connectivity index (χ3n) is 4.43. The predicted molar refractivity (Wildman–Crippen MR) is 108 cm³/mol. The van der Waals surface area contributed by atoms with E-state index in [-0.39, 0.29) is 5.91 Å². The fourth-order valence-electron chi connectivity index (χ4n) is 3.01. The van der Waals surface area contributed by atoms with Crippen LogP contribution in [0, 0.1) is 6.92 Å². The maximum absolute atomic E-state index is 12.7. The van der Waals surface area contributed by atoms with Gasteiger partial charge in [-0.05, 0) is 56.4 Å². The number of aryl methyl sites for hydroxylation is 1. The first-order valence-electron chi connectivity index (χ1n) is 8.92. The van der Waals surface area contributed by atoms with Crippen molar-refractivity contribution >= 4 is 16.8 Å². The van der Waals surface area contributed by atoms with Gasteiger partial charge in [-0.2, -0.15) is 0 Å². The number of carbonyl (C=O) groups is 1. The lowest BCUT2D eigenvalue weighted by Crippen LogP contribution is -2.24. The number of pyridine rings is 1. The average Bonchev–Trinajstić information content (AvgIpc) is 2.66. The standard InChI is InChI=1S/C22H25N3O2/c1-15-20(12-18-11-19(27-4)9-10-21(18)24-15)22(26)23-13-16-5-7-17(8-6-16)14-25(2)3/h5-12H,13-14H2,1-4H3,(H,23,26). The number of methoxy groups -OCH3 is 1. The van der Waals surface area contributed by atoms with Gasteiger partial charge in [0.15, 0.2) is 0 Å². The van der Waals surface area contributed by atoms with E-state index in [1.54, 1.807) is 7.11 Å². The van der Waals surface area contributed by atoms with Crippen LogP contribution in [0.15, 0.2) is 48.5 Å². The third kappa shape index (κ3) is 4.63. The maximum Gasteiger partial charge on any atom is 0.253 e. The minimum atomic E-state index is -0.123. The molecule has 0 atom stereocenters. The number of hydrogen-bond donors (Lipinski definition) is 1. The van der Waals surface area contributed by atoms with Gasteiger partial charge in [-0.3, -0.25) is 9.78 Å². The van der Waals surface area contributed by atoms with Crippen molar-refractivity contribution in [2.24, 2.45) is 0 Å². The normalized spacial score (nSPS) is 11.0. The number of benzene rings is 2. The topological polar surface area (TPSA) is 54.5 Å². The van der Waals surface area contributed by atoms with Crippen LogP contribution >= 0.6 is 0 Å². The molecule has 0 saturated heterocycles. The quantitative estimate of drug-likeness (QED) is 0.728. The molecule has 0 aliphatic rings. The van der Waals surface area contributed by atoms with Crippen molar-refractivity contribution < 1.29 is 9.53 Å². The molecule has 1 heterocycles. The molecule has 1 aromatic heterocycles. The lowest BCUT2D eigenvalue weighted by atomic mass is 10.1. The van der Waals surface area contributed by atoms with E-state index in [0.717, 1.165) is 28.8 Å². The van der Waals surface area contributed by atoms with Gasteiger partial charge in [-0.15, -0.1) is 0 Å². The van der Waals surface area contributed by atoms with Crippen molar-refractivity contribution in [3.63, 3.8) is 0 Å². The summed E-state index contributed by atoms with van der Waals surface area (Å²) in [7, 11) is 5.72. The Morgan fingerprint density at radius 2 is 1.78 bits per heavy atom. The van der Waals surface area contributed by atoms with E-state index in [1.165, 1.54) is 5.56 Å². The van der Waals surface area contributed by atoms with Crippen LogP contribution in [0.3, 0.4) is 0 Å². The molecular weight excluding hydrogens is 338 g/mol. The van der Waals surface area contributed by atoms with Crippen LogP contribution in [0.5, 0.6) is 5.75 Å². The molecule has 1 amide bonds. The highest BCUT2D eigenvalue weighted by atomic mass is 16.5. The molecule has 1 N–H and O–H groups in total. The first-order chi connectivity index (χ1) is 13.0. The fourth-order valence-corrected chi connectivity index (χ4v) is 3.01. The second-order valence-corrected chi connectivity index (χ2v) is 6.92. The van der Waals surface area contributed by atoms with Gasteiger partial charge in [-0.25, -0.2) is 0 Å². The van der Waals surface area contributed by atoms with E-state index in [0.29, 0.717) is 17.8 Å². The van der Waals surface area contributed by atoms with Gasteiger partial charge in [-0.1, -0.05) is 24.3 Å². The van der Waals surface area contributed by atoms with E-state index in [4.69, 9.17) is 4.74 Å².